The van der Waals surface area contributed by atoms with Crippen LogP contribution in [-0.4, -0.2) is 25.4 Å². The number of methoxy groups -OCH3 is 1. The van der Waals surface area contributed by atoms with Crippen LogP contribution < -0.4 is 10.1 Å². The van der Waals surface area contributed by atoms with Crippen molar-refractivity contribution in [3.05, 3.63) is 28.2 Å². The second-order valence-corrected chi connectivity index (χ2v) is 6.80. The molecule has 1 aromatic rings. The molecule has 0 atom stereocenters. The highest BCUT2D eigenvalue weighted by Gasteiger charge is 2.21. The van der Waals surface area contributed by atoms with E-state index in [1.54, 1.807) is 7.11 Å². The highest BCUT2D eigenvalue weighted by molar-refractivity contribution is 9.10. The first-order valence-electron chi connectivity index (χ1n) is 7.20. The van der Waals surface area contributed by atoms with E-state index in [1.165, 1.54) is 18.4 Å². The van der Waals surface area contributed by atoms with Gasteiger partial charge in [0.15, 0.2) is 0 Å². The second-order valence-electron chi connectivity index (χ2n) is 5.95. The zero-order valence-corrected chi connectivity index (χ0v) is 14.1. The highest BCUT2D eigenvalue weighted by Crippen LogP contribution is 2.30. The van der Waals surface area contributed by atoms with Gasteiger partial charge in [-0.05, 0) is 48.7 Å². The molecular weight excluding hydrogens is 318 g/mol. The fourth-order valence-corrected chi connectivity index (χ4v) is 2.42. The van der Waals surface area contributed by atoms with E-state index >= 15 is 0 Å². The molecule has 1 aromatic carbocycles. The van der Waals surface area contributed by atoms with Crippen LogP contribution in [0.25, 0.3) is 0 Å². The zero-order valence-electron chi connectivity index (χ0n) is 12.5. The molecule has 0 saturated heterocycles. The molecule has 0 unspecified atom stereocenters. The summed E-state index contributed by atoms with van der Waals surface area (Å²) in [5, 5.41) is 3.53. The van der Waals surface area contributed by atoms with Crippen molar-refractivity contribution in [1.82, 2.24) is 5.32 Å². The molecule has 1 aliphatic carbocycles. The number of ether oxygens (including phenoxy) is 2. The topological polar surface area (TPSA) is 30.5 Å². The summed E-state index contributed by atoms with van der Waals surface area (Å²) < 4.78 is 12.4. The number of hydrogen-bond acceptors (Lipinski definition) is 3. The van der Waals surface area contributed by atoms with Crippen LogP contribution >= 0.6 is 15.9 Å². The first-order valence-corrected chi connectivity index (χ1v) is 8.00. The van der Waals surface area contributed by atoms with E-state index in [1.807, 2.05) is 6.07 Å². The van der Waals surface area contributed by atoms with E-state index < -0.39 is 0 Å². The maximum Gasteiger partial charge on any atom is 0.137 e. The number of nitrogens with one attached hydrogen (secondary N) is 1. The van der Waals surface area contributed by atoms with Crippen LogP contribution in [0.5, 0.6) is 5.75 Å². The summed E-state index contributed by atoms with van der Waals surface area (Å²) >= 11 is 3.58. The van der Waals surface area contributed by atoms with Crippen LogP contribution in [0.4, 0.5) is 0 Å². The first kappa shape index (κ1) is 15.8. The minimum atomic E-state index is -0.145. The Hall–Kier alpha value is -0.580. The number of benzene rings is 1. The Morgan fingerprint density at radius 1 is 1.35 bits per heavy atom. The van der Waals surface area contributed by atoms with Gasteiger partial charge in [-0.2, -0.15) is 0 Å². The third kappa shape index (κ3) is 4.76. The van der Waals surface area contributed by atoms with E-state index in [9.17, 15) is 0 Å². The van der Waals surface area contributed by atoms with E-state index in [-0.39, 0.29) is 5.60 Å². The molecule has 0 aliphatic heterocycles. The van der Waals surface area contributed by atoms with Gasteiger partial charge >= 0.3 is 0 Å². The lowest BCUT2D eigenvalue weighted by Crippen LogP contribution is -2.25. The van der Waals surface area contributed by atoms with Gasteiger partial charge in [0.1, 0.15) is 5.75 Å². The molecule has 4 heteroatoms. The van der Waals surface area contributed by atoms with Crippen molar-refractivity contribution in [2.45, 2.75) is 51.3 Å². The van der Waals surface area contributed by atoms with Gasteiger partial charge in [-0.15, -0.1) is 0 Å². The molecule has 1 aliphatic rings. The Morgan fingerprint density at radius 3 is 2.75 bits per heavy atom. The molecule has 20 heavy (non-hydrogen) atoms. The van der Waals surface area contributed by atoms with Gasteiger partial charge in [0, 0.05) is 31.7 Å². The lowest BCUT2D eigenvalue weighted by molar-refractivity contribution is 0.00531. The van der Waals surface area contributed by atoms with Gasteiger partial charge in [-0.3, -0.25) is 0 Å². The fourth-order valence-electron chi connectivity index (χ4n) is 1.90. The molecule has 112 valence electrons. The van der Waals surface area contributed by atoms with E-state index in [4.69, 9.17) is 9.47 Å². The van der Waals surface area contributed by atoms with Crippen molar-refractivity contribution >= 4 is 15.9 Å². The summed E-state index contributed by atoms with van der Waals surface area (Å²) in [6, 6.07) is 6.91. The third-order valence-electron chi connectivity index (χ3n) is 3.71. The average Bonchev–Trinajstić information content (AvgIpc) is 3.23. The average molecular weight is 342 g/mol. The van der Waals surface area contributed by atoms with Gasteiger partial charge in [-0.1, -0.05) is 12.1 Å². The van der Waals surface area contributed by atoms with E-state index in [0.29, 0.717) is 12.6 Å². The Morgan fingerprint density at radius 2 is 2.10 bits per heavy atom. The number of para-hydroxylation sites is 1. The van der Waals surface area contributed by atoms with Gasteiger partial charge in [-0.25, -0.2) is 0 Å². The maximum atomic E-state index is 5.99. The Kier molecular flexibility index (Phi) is 5.47. The van der Waals surface area contributed by atoms with Crippen LogP contribution in [-0.2, 0) is 11.3 Å². The first-order chi connectivity index (χ1) is 9.52. The van der Waals surface area contributed by atoms with Gasteiger partial charge < -0.3 is 14.8 Å². The molecule has 1 saturated carbocycles. The molecular formula is C16H24BrNO2. The van der Waals surface area contributed by atoms with Crippen molar-refractivity contribution in [2.24, 2.45) is 0 Å². The van der Waals surface area contributed by atoms with Crippen molar-refractivity contribution in [2.75, 3.05) is 13.7 Å². The quantitative estimate of drug-likeness (QED) is 0.777. The molecule has 0 aromatic heterocycles. The lowest BCUT2D eigenvalue weighted by Gasteiger charge is -2.23. The third-order valence-corrected chi connectivity index (χ3v) is 4.33. The summed E-state index contributed by atoms with van der Waals surface area (Å²) in [5.74, 6) is 0.951. The fraction of sp³-hybridized carbons (Fsp3) is 0.625. The summed E-state index contributed by atoms with van der Waals surface area (Å²) in [6.45, 7) is 5.67. The van der Waals surface area contributed by atoms with Crippen molar-refractivity contribution in [1.29, 1.82) is 0 Å². The molecule has 0 heterocycles. The Balaban J connectivity index is 1.94. The summed E-state index contributed by atoms with van der Waals surface area (Å²) in [4.78, 5) is 0. The Bertz CT molecular complexity index is 444. The summed E-state index contributed by atoms with van der Waals surface area (Å²) in [7, 11) is 1.74. The molecule has 1 fully saturated rings. The SMILES string of the molecule is COC(C)(C)CCOc1c(Br)cccc1CNC1CC1. The van der Waals surface area contributed by atoms with Gasteiger partial charge in [0.05, 0.1) is 16.7 Å². The van der Waals surface area contributed by atoms with Crippen molar-refractivity contribution in [3.8, 4) is 5.75 Å². The predicted molar refractivity (Wildman–Crippen MR) is 85.2 cm³/mol. The predicted octanol–water partition coefficient (Wildman–Crippen LogP) is 3.90. The van der Waals surface area contributed by atoms with Crippen LogP contribution in [0.2, 0.25) is 0 Å². The van der Waals surface area contributed by atoms with E-state index in [0.717, 1.165) is 23.2 Å². The maximum absolute atomic E-state index is 5.99. The van der Waals surface area contributed by atoms with Crippen molar-refractivity contribution in [3.63, 3.8) is 0 Å². The smallest absolute Gasteiger partial charge is 0.137 e. The number of hydrogen-bond donors (Lipinski definition) is 1. The highest BCUT2D eigenvalue weighted by atomic mass is 79.9. The Labute approximate surface area is 130 Å². The zero-order chi connectivity index (χ0) is 14.6. The van der Waals surface area contributed by atoms with Gasteiger partial charge in [0.25, 0.3) is 0 Å². The molecule has 0 spiro atoms. The largest absolute Gasteiger partial charge is 0.492 e. The molecule has 1 N–H and O–H groups in total. The second kappa shape index (κ2) is 6.92. The number of halogens is 1. The van der Waals surface area contributed by atoms with E-state index in [2.05, 4.69) is 47.2 Å². The van der Waals surface area contributed by atoms with Gasteiger partial charge in [0.2, 0.25) is 0 Å². The minimum Gasteiger partial charge on any atom is -0.492 e. The summed E-state index contributed by atoms with van der Waals surface area (Å²) in [6.07, 6.45) is 3.46. The molecule has 0 radical (unpaired) electrons. The molecule has 3 nitrogen and oxygen atoms in total. The summed E-state index contributed by atoms with van der Waals surface area (Å²) in [5.41, 5.74) is 1.06. The number of rotatable bonds is 8. The van der Waals surface area contributed by atoms with Crippen LogP contribution in [0.15, 0.2) is 22.7 Å². The van der Waals surface area contributed by atoms with Crippen LogP contribution in [0.1, 0.15) is 38.7 Å². The van der Waals surface area contributed by atoms with Crippen molar-refractivity contribution < 1.29 is 9.47 Å². The monoisotopic (exact) mass is 341 g/mol. The molecule has 0 bridgehead atoms. The standard InChI is InChI=1S/C16H24BrNO2/c1-16(2,19-3)9-10-20-15-12(5-4-6-14(15)17)11-18-13-7-8-13/h4-6,13,18H,7-11H2,1-3H3. The minimum absolute atomic E-state index is 0.145. The molecule has 2 rings (SSSR count). The van der Waals surface area contributed by atoms with Crippen LogP contribution in [0, 0.1) is 0 Å². The molecule has 0 amide bonds. The normalized spacial score (nSPS) is 15.4. The van der Waals surface area contributed by atoms with Crippen LogP contribution in [0.3, 0.4) is 0 Å². The lowest BCUT2D eigenvalue weighted by atomic mass is 10.1.